The van der Waals surface area contributed by atoms with Gasteiger partial charge in [-0.1, -0.05) is 12.1 Å². The Morgan fingerprint density at radius 3 is 2.59 bits per heavy atom. The number of piperidine rings is 1. The molecule has 2 aliphatic rings. The largest absolute Gasteiger partial charge is 0.334 e. The molecule has 0 radical (unpaired) electrons. The minimum Gasteiger partial charge on any atom is -0.334 e. The smallest absolute Gasteiger partial charge is 0.317 e. The molecule has 17 heavy (non-hydrogen) atoms. The summed E-state index contributed by atoms with van der Waals surface area (Å²) in [5.41, 5.74) is 0.920. The third-order valence-electron chi connectivity index (χ3n) is 3.62. The summed E-state index contributed by atoms with van der Waals surface area (Å²) in [6, 6.07) is 6.20. The molecular formula is C13H15FN2O. The highest BCUT2D eigenvalue weighted by Crippen LogP contribution is 2.44. The first-order valence-corrected chi connectivity index (χ1v) is 5.99. The Hall–Kier alpha value is -1.58. The predicted molar refractivity (Wildman–Crippen MR) is 61.8 cm³/mol. The molecule has 1 aliphatic heterocycles. The molecule has 2 atom stereocenters. The van der Waals surface area contributed by atoms with Crippen LogP contribution in [-0.2, 0) is 6.54 Å². The van der Waals surface area contributed by atoms with E-state index in [1.165, 1.54) is 18.6 Å². The summed E-state index contributed by atoms with van der Waals surface area (Å²) >= 11 is 0. The van der Waals surface area contributed by atoms with Gasteiger partial charge in [0.1, 0.15) is 5.82 Å². The van der Waals surface area contributed by atoms with Crippen LogP contribution in [0.25, 0.3) is 0 Å². The molecule has 4 heteroatoms. The lowest BCUT2D eigenvalue weighted by Gasteiger charge is -2.18. The van der Waals surface area contributed by atoms with Crippen LogP contribution in [0, 0.1) is 17.7 Å². The fraction of sp³-hybridized carbons (Fsp3) is 0.462. The number of carbonyl (C=O) groups is 1. The minimum atomic E-state index is -0.250. The lowest BCUT2D eigenvalue weighted by Crippen LogP contribution is -2.39. The van der Waals surface area contributed by atoms with Crippen LogP contribution in [0.1, 0.15) is 12.0 Å². The number of benzene rings is 1. The fourth-order valence-corrected chi connectivity index (χ4v) is 2.46. The first kappa shape index (κ1) is 10.6. The maximum Gasteiger partial charge on any atom is 0.317 e. The number of halogens is 1. The summed E-state index contributed by atoms with van der Waals surface area (Å²) in [7, 11) is 0. The Morgan fingerprint density at radius 1 is 1.29 bits per heavy atom. The standard InChI is InChI=1S/C13H15FN2O/c14-12-3-1-9(2-4-12)6-15-13(17)16-7-10-5-11(10)8-16/h1-4,10-11H,5-8H2,(H,15,17). The van der Waals surface area contributed by atoms with E-state index in [0.29, 0.717) is 6.54 Å². The van der Waals surface area contributed by atoms with Crippen molar-refractivity contribution in [2.75, 3.05) is 13.1 Å². The second kappa shape index (κ2) is 4.02. The van der Waals surface area contributed by atoms with Gasteiger partial charge in [0.05, 0.1) is 0 Å². The maximum absolute atomic E-state index is 12.7. The van der Waals surface area contributed by atoms with Crippen molar-refractivity contribution in [1.82, 2.24) is 10.2 Å². The van der Waals surface area contributed by atoms with Crippen molar-refractivity contribution < 1.29 is 9.18 Å². The Kier molecular flexibility index (Phi) is 2.50. The normalized spacial score (nSPS) is 25.6. The van der Waals surface area contributed by atoms with Crippen LogP contribution >= 0.6 is 0 Å². The molecule has 3 rings (SSSR count). The second-order valence-corrected chi connectivity index (χ2v) is 4.95. The molecule has 1 N–H and O–H groups in total. The van der Waals surface area contributed by atoms with E-state index in [9.17, 15) is 9.18 Å². The van der Waals surface area contributed by atoms with Crippen molar-refractivity contribution in [2.24, 2.45) is 11.8 Å². The number of fused-ring (bicyclic) bond motifs is 1. The Morgan fingerprint density at radius 2 is 1.94 bits per heavy atom. The molecule has 0 bridgehead atoms. The van der Waals surface area contributed by atoms with Crippen LogP contribution in [0.5, 0.6) is 0 Å². The van der Waals surface area contributed by atoms with E-state index in [1.54, 1.807) is 12.1 Å². The summed E-state index contributed by atoms with van der Waals surface area (Å²) in [5.74, 6) is 1.26. The quantitative estimate of drug-likeness (QED) is 0.833. The lowest BCUT2D eigenvalue weighted by molar-refractivity contribution is 0.203. The van der Waals surface area contributed by atoms with E-state index in [1.807, 2.05) is 4.90 Å². The summed E-state index contributed by atoms with van der Waals surface area (Å²) in [4.78, 5) is 13.7. The molecule has 1 saturated carbocycles. The van der Waals surface area contributed by atoms with Crippen molar-refractivity contribution in [3.05, 3.63) is 35.6 Å². The average Bonchev–Trinajstić information content (AvgIpc) is 2.95. The number of nitrogens with one attached hydrogen (secondary N) is 1. The van der Waals surface area contributed by atoms with Gasteiger partial charge in [-0.2, -0.15) is 0 Å². The Balaban J connectivity index is 1.50. The predicted octanol–water partition coefficient (Wildman–Crippen LogP) is 1.99. The van der Waals surface area contributed by atoms with E-state index < -0.39 is 0 Å². The van der Waals surface area contributed by atoms with Gasteiger partial charge in [-0.15, -0.1) is 0 Å². The molecule has 2 fully saturated rings. The summed E-state index contributed by atoms with van der Waals surface area (Å²) in [5, 5.41) is 2.87. The summed E-state index contributed by atoms with van der Waals surface area (Å²) in [6.45, 7) is 2.27. The van der Waals surface area contributed by atoms with E-state index in [-0.39, 0.29) is 11.8 Å². The number of hydrogen-bond donors (Lipinski definition) is 1. The topological polar surface area (TPSA) is 32.3 Å². The first-order chi connectivity index (χ1) is 8.22. The highest BCUT2D eigenvalue weighted by Gasteiger charge is 2.46. The van der Waals surface area contributed by atoms with Gasteiger partial charge < -0.3 is 10.2 Å². The highest BCUT2D eigenvalue weighted by molar-refractivity contribution is 5.74. The van der Waals surface area contributed by atoms with E-state index in [0.717, 1.165) is 30.5 Å². The molecule has 90 valence electrons. The first-order valence-electron chi connectivity index (χ1n) is 5.99. The number of carbonyl (C=O) groups excluding carboxylic acids is 1. The number of amides is 2. The van der Waals surface area contributed by atoms with Gasteiger partial charge in [-0.05, 0) is 36.0 Å². The van der Waals surface area contributed by atoms with Gasteiger partial charge in [0.2, 0.25) is 0 Å². The molecule has 2 unspecified atom stereocenters. The molecule has 1 saturated heterocycles. The molecular weight excluding hydrogens is 219 g/mol. The average molecular weight is 234 g/mol. The third-order valence-corrected chi connectivity index (χ3v) is 3.62. The van der Waals surface area contributed by atoms with Gasteiger partial charge >= 0.3 is 6.03 Å². The second-order valence-electron chi connectivity index (χ2n) is 4.95. The van der Waals surface area contributed by atoms with Crippen LogP contribution in [0.15, 0.2) is 24.3 Å². The summed E-state index contributed by atoms with van der Waals surface area (Å²) in [6.07, 6.45) is 1.29. The molecule has 1 aromatic carbocycles. The van der Waals surface area contributed by atoms with E-state index in [4.69, 9.17) is 0 Å². The van der Waals surface area contributed by atoms with Crippen molar-refractivity contribution in [3.8, 4) is 0 Å². The highest BCUT2D eigenvalue weighted by atomic mass is 19.1. The molecule has 3 nitrogen and oxygen atoms in total. The van der Waals surface area contributed by atoms with Crippen molar-refractivity contribution in [1.29, 1.82) is 0 Å². The van der Waals surface area contributed by atoms with Crippen LogP contribution in [-0.4, -0.2) is 24.0 Å². The number of rotatable bonds is 2. The van der Waals surface area contributed by atoms with Crippen LogP contribution in [0.3, 0.4) is 0 Å². The van der Waals surface area contributed by atoms with Crippen LogP contribution < -0.4 is 5.32 Å². The van der Waals surface area contributed by atoms with Gasteiger partial charge in [-0.3, -0.25) is 0 Å². The van der Waals surface area contributed by atoms with Crippen molar-refractivity contribution in [2.45, 2.75) is 13.0 Å². The SMILES string of the molecule is O=C(NCc1ccc(F)cc1)N1CC2CC2C1. The molecule has 1 heterocycles. The molecule has 0 spiro atoms. The maximum atomic E-state index is 12.7. The van der Waals surface area contributed by atoms with Crippen LogP contribution in [0.4, 0.5) is 9.18 Å². The van der Waals surface area contributed by atoms with Gasteiger partial charge in [0.25, 0.3) is 0 Å². The Labute approximate surface area is 99.6 Å². The number of nitrogens with zero attached hydrogens (tertiary/aromatic N) is 1. The number of urea groups is 1. The van der Waals surface area contributed by atoms with Crippen LogP contribution in [0.2, 0.25) is 0 Å². The lowest BCUT2D eigenvalue weighted by atomic mass is 10.2. The zero-order valence-electron chi connectivity index (χ0n) is 9.53. The Bertz CT molecular complexity index is 422. The summed E-state index contributed by atoms with van der Waals surface area (Å²) < 4.78 is 12.7. The molecule has 0 aromatic heterocycles. The monoisotopic (exact) mass is 234 g/mol. The van der Waals surface area contributed by atoms with E-state index in [2.05, 4.69) is 5.32 Å². The molecule has 1 aromatic rings. The van der Waals surface area contributed by atoms with Gasteiger partial charge in [0.15, 0.2) is 0 Å². The van der Waals surface area contributed by atoms with Gasteiger partial charge in [-0.25, -0.2) is 9.18 Å². The number of likely N-dealkylation sites (tertiary alicyclic amines) is 1. The van der Waals surface area contributed by atoms with Crippen molar-refractivity contribution in [3.63, 3.8) is 0 Å². The minimum absolute atomic E-state index is 0.00141. The zero-order valence-corrected chi connectivity index (χ0v) is 9.53. The molecule has 2 amide bonds. The van der Waals surface area contributed by atoms with Crippen molar-refractivity contribution >= 4 is 6.03 Å². The third kappa shape index (κ3) is 2.25. The van der Waals surface area contributed by atoms with Gasteiger partial charge in [0, 0.05) is 19.6 Å². The van der Waals surface area contributed by atoms with E-state index >= 15 is 0 Å². The fourth-order valence-electron chi connectivity index (χ4n) is 2.46. The zero-order chi connectivity index (χ0) is 11.8. The number of hydrogen-bond acceptors (Lipinski definition) is 1. The molecule has 1 aliphatic carbocycles.